The number of hydrogen-bond donors (Lipinski definition) is 0. The Kier molecular flexibility index (Phi) is 4.88. The van der Waals surface area contributed by atoms with Gasteiger partial charge < -0.3 is 9.64 Å². The van der Waals surface area contributed by atoms with E-state index in [1.165, 1.54) is 0 Å². The van der Waals surface area contributed by atoms with Crippen LogP contribution in [0.5, 0.6) is 0 Å². The summed E-state index contributed by atoms with van der Waals surface area (Å²) in [5.41, 5.74) is -0.439. The molecular weight excluding hydrogens is 286 g/mol. The van der Waals surface area contributed by atoms with E-state index in [1.54, 1.807) is 16.2 Å². The van der Waals surface area contributed by atoms with Crippen LogP contribution < -0.4 is 0 Å². The van der Waals surface area contributed by atoms with Crippen molar-refractivity contribution in [1.29, 1.82) is 0 Å². The zero-order valence-corrected chi connectivity index (χ0v) is 14.3. The molecule has 2 rings (SSSR count). The fourth-order valence-corrected chi connectivity index (χ4v) is 3.34. The fourth-order valence-electron chi connectivity index (χ4n) is 2.62. The van der Waals surface area contributed by atoms with Crippen molar-refractivity contribution in [3.63, 3.8) is 0 Å². The molecule has 1 aromatic rings. The number of nitrogens with zero attached hydrogens (tertiary/aromatic N) is 3. The monoisotopic (exact) mass is 311 g/mol. The number of hydrogen-bond acceptors (Lipinski definition) is 5. The van der Waals surface area contributed by atoms with E-state index in [4.69, 9.17) is 4.74 Å². The molecule has 2 atom stereocenters. The van der Waals surface area contributed by atoms with Crippen LogP contribution in [0.4, 0.5) is 4.79 Å². The second-order valence-electron chi connectivity index (χ2n) is 6.56. The summed E-state index contributed by atoms with van der Waals surface area (Å²) in [5.74, 6) is 0. The van der Waals surface area contributed by atoms with Gasteiger partial charge in [-0.05, 0) is 34.6 Å². The average molecular weight is 311 g/mol. The quantitative estimate of drug-likeness (QED) is 0.842. The molecule has 0 aromatic carbocycles. The molecule has 1 aliphatic heterocycles. The van der Waals surface area contributed by atoms with E-state index in [-0.39, 0.29) is 6.09 Å². The molecule has 1 saturated heterocycles. The molecule has 6 heteroatoms. The molecule has 0 spiro atoms. The van der Waals surface area contributed by atoms with Crippen LogP contribution in [0.3, 0.4) is 0 Å². The lowest BCUT2D eigenvalue weighted by atomic mass is 10.1. The number of aromatic nitrogens is 1. The molecule has 0 saturated carbocycles. The second kappa shape index (κ2) is 6.32. The first-order chi connectivity index (χ1) is 9.78. The molecule has 0 unspecified atom stereocenters. The van der Waals surface area contributed by atoms with Crippen molar-refractivity contribution in [3.8, 4) is 0 Å². The first kappa shape index (κ1) is 16.2. The van der Waals surface area contributed by atoms with Gasteiger partial charge in [0.15, 0.2) is 0 Å². The molecule has 0 N–H and O–H groups in total. The van der Waals surface area contributed by atoms with Crippen molar-refractivity contribution < 1.29 is 9.53 Å². The van der Waals surface area contributed by atoms with Gasteiger partial charge in [0.25, 0.3) is 0 Å². The van der Waals surface area contributed by atoms with E-state index in [0.29, 0.717) is 25.2 Å². The van der Waals surface area contributed by atoms with Crippen LogP contribution in [-0.2, 0) is 4.74 Å². The Hall–Kier alpha value is -1.14. The Morgan fingerprint density at radius 3 is 2.71 bits per heavy atom. The van der Waals surface area contributed by atoms with Crippen molar-refractivity contribution in [2.24, 2.45) is 0 Å². The lowest BCUT2D eigenvalue weighted by molar-refractivity contribution is -0.000724. The van der Waals surface area contributed by atoms with Gasteiger partial charge in [0.2, 0.25) is 0 Å². The first-order valence-electron chi connectivity index (χ1n) is 7.41. The van der Waals surface area contributed by atoms with Crippen molar-refractivity contribution in [2.45, 2.75) is 52.3 Å². The van der Waals surface area contributed by atoms with Crippen LogP contribution in [0.15, 0.2) is 11.6 Å². The van der Waals surface area contributed by atoms with Crippen LogP contribution >= 0.6 is 11.3 Å². The maximum atomic E-state index is 12.1. The van der Waals surface area contributed by atoms with Gasteiger partial charge in [-0.2, -0.15) is 0 Å². The van der Waals surface area contributed by atoms with Crippen molar-refractivity contribution in [3.05, 3.63) is 16.6 Å². The molecule has 0 radical (unpaired) electrons. The van der Waals surface area contributed by atoms with Gasteiger partial charge in [0, 0.05) is 37.3 Å². The summed E-state index contributed by atoms with van der Waals surface area (Å²) in [5, 5.41) is 3.14. The van der Waals surface area contributed by atoms with Crippen LogP contribution in [0, 0.1) is 0 Å². The number of amides is 1. The third-order valence-corrected chi connectivity index (χ3v) is 4.58. The van der Waals surface area contributed by atoms with E-state index >= 15 is 0 Å². The predicted octanol–water partition coefficient (Wildman–Crippen LogP) is 3.15. The Bertz CT molecular complexity index is 470. The molecule has 21 heavy (non-hydrogen) atoms. The number of carbonyl (C=O) groups excluding carboxylic acids is 1. The number of piperazine rings is 1. The summed E-state index contributed by atoms with van der Waals surface area (Å²) >= 11 is 1.68. The maximum Gasteiger partial charge on any atom is 0.410 e. The highest BCUT2D eigenvalue weighted by molar-refractivity contribution is 7.09. The summed E-state index contributed by atoms with van der Waals surface area (Å²) < 4.78 is 5.45. The summed E-state index contributed by atoms with van der Waals surface area (Å²) in [6.45, 7) is 12.3. The number of carbonyl (C=O) groups is 1. The lowest BCUT2D eigenvalue weighted by Gasteiger charge is -2.42. The van der Waals surface area contributed by atoms with E-state index in [2.05, 4.69) is 23.7 Å². The molecule has 1 aromatic heterocycles. The molecule has 118 valence electrons. The van der Waals surface area contributed by atoms with E-state index in [0.717, 1.165) is 11.6 Å². The number of rotatable bonds is 2. The van der Waals surface area contributed by atoms with Gasteiger partial charge in [-0.15, -0.1) is 11.3 Å². The van der Waals surface area contributed by atoms with Gasteiger partial charge in [-0.25, -0.2) is 9.78 Å². The lowest BCUT2D eigenvalue weighted by Crippen LogP contribution is -2.54. The minimum Gasteiger partial charge on any atom is -0.444 e. The first-order valence-corrected chi connectivity index (χ1v) is 8.29. The molecule has 1 aliphatic rings. The minimum absolute atomic E-state index is 0.212. The third kappa shape index (κ3) is 4.17. The molecule has 5 nitrogen and oxygen atoms in total. The molecule has 0 aliphatic carbocycles. The maximum absolute atomic E-state index is 12.1. The SMILES string of the molecule is C[C@@H]1CN(C(=O)OC(C)(C)C)CCN1[C@@H](C)c1nccs1. The minimum atomic E-state index is -0.439. The third-order valence-electron chi connectivity index (χ3n) is 3.64. The smallest absolute Gasteiger partial charge is 0.410 e. The second-order valence-corrected chi connectivity index (χ2v) is 7.49. The van der Waals surface area contributed by atoms with Crippen molar-refractivity contribution >= 4 is 17.4 Å². The van der Waals surface area contributed by atoms with Gasteiger partial charge in [-0.1, -0.05) is 0 Å². The molecule has 1 amide bonds. The van der Waals surface area contributed by atoms with E-state index in [9.17, 15) is 4.79 Å². The predicted molar refractivity (Wildman–Crippen MR) is 84.5 cm³/mol. The molecular formula is C15H25N3O2S. The zero-order valence-electron chi connectivity index (χ0n) is 13.5. The topological polar surface area (TPSA) is 45.7 Å². The van der Waals surface area contributed by atoms with Gasteiger partial charge in [0.05, 0.1) is 6.04 Å². The summed E-state index contributed by atoms with van der Waals surface area (Å²) in [7, 11) is 0. The normalized spacial score (nSPS) is 22.1. The standard InChI is InChI=1S/C15H25N3O2S/c1-11-10-17(14(19)20-15(3,4)5)7-8-18(11)12(2)13-16-6-9-21-13/h6,9,11-12H,7-8,10H2,1-5H3/t11-,12+/m1/s1. The Labute approximate surface area is 130 Å². The largest absolute Gasteiger partial charge is 0.444 e. The highest BCUT2D eigenvalue weighted by atomic mass is 32.1. The summed E-state index contributed by atoms with van der Waals surface area (Å²) in [6.07, 6.45) is 1.63. The van der Waals surface area contributed by atoms with Gasteiger partial charge in [0.1, 0.15) is 10.6 Å². The number of thiazole rings is 1. The highest BCUT2D eigenvalue weighted by Crippen LogP contribution is 2.26. The summed E-state index contributed by atoms with van der Waals surface area (Å²) in [6, 6.07) is 0.589. The van der Waals surface area contributed by atoms with Crippen LogP contribution in [0.1, 0.15) is 45.7 Å². The highest BCUT2D eigenvalue weighted by Gasteiger charge is 2.32. The van der Waals surface area contributed by atoms with Gasteiger partial charge in [-0.3, -0.25) is 4.90 Å². The average Bonchev–Trinajstić information content (AvgIpc) is 2.89. The van der Waals surface area contributed by atoms with E-state index in [1.807, 2.05) is 32.3 Å². The van der Waals surface area contributed by atoms with Crippen LogP contribution in [-0.4, -0.2) is 52.2 Å². The van der Waals surface area contributed by atoms with Gasteiger partial charge >= 0.3 is 6.09 Å². The van der Waals surface area contributed by atoms with Crippen molar-refractivity contribution in [2.75, 3.05) is 19.6 Å². The summed E-state index contributed by atoms with van der Waals surface area (Å²) in [4.78, 5) is 20.7. The number of ether oxygens (including phenoxy) is 1. The zero-order chi connectivity index (χ0) is 15.6. The molecule has 2 heterocycles. The fraction of sp³-hybridized carbons (Fsp3) is 0.733. The van der Waals surface area contributed by atoms with Crippen molar-refractivity contribution in [1.82, 2.24) is 14.8 Å². The molecule has 1 fully saturated rings. The Morgan fingerprint density at radius 1 is 1.48 bits per heavy atom. The van der Waals surface area contributed by atoms with E-state index < -0.39 is 5.60 Å². The Balaban J connectivity index is 1.94. The van der Waals surface area contributed by atoms with Crippen LogP contribution in [0.2, 0.25) is 0 Å². The van der Waals surface area contributed by atoms with Crippen LogP contribution in [0.25, 0.3) is 0 Å². The molecule has 0 bridgehead atoms. The Morgan fingerprint density at radius 2 is 2.19 bits per heavy atom.